The Balaban J connectivity index is 1.77. The first-order chi connectivity index (χ1) is 10.6. The van der Waals surface area contributed by atoms with Crippen LogP contribution in [0.5, 0.6) is 0 Å². The third kappa shape index (κ3) is 4.73. The molecule has 2 rings (SSSR count). The molecule has 0 aromatic heterocycles. The van der Waals surface area contributed by atoms with Crippen LogP contribution in [0.2, 0.25) is 5.02 Å². The molecule has 0 saturated carbocycles. The largest absolute Gasteiger partial charge is 0.353 e. The van der Waals surface area contributed by atoms with E-state index in [0.717, 1.165) is 37.9 Å². The van der Waals surface area contributed by atoms with Crippen molar-refractivity contribution in [2.45, 2.75) is 45.1 Å². The highest BCUT2D eigenvalue weighted by atomic mass is 35.5. The number of piperidine rings is 1. The first kappa shape index (κ1) is 16.8. The number of likely N-dealkylation sites (tertiary alicyclic amines) is 1. The van der Waals surface area contributed by atoms with E-state index in [1.807, 2.05) is 30.0 Å². The van der Waals surface area contributed by atoms with Crippen LogP contribution >= 0.6 is 11.6 Å². The van der Waals surface area contributed by atoms with Crippen LogP contribution in [-0.2, 0) is 16.0 Å². The molecule has 0 aliphatic carbocycles. The Morgan fingerprint density at radius 3 is 2.59 bits per heavy atom. The summed E-state index contributed by atoms with van der Waals surface area (Å²) in [5.74, 6) is 0.217. The standard InChI is InChI=1S/C17H23ClN2O2/c1-2-5-17(22)20-10-8-14(9-11-20)19-16(21)12-13-6-3-4-7-15(13)18/h3-4,6-7,14H,2,5,8-12H2,1H3,(H,19,21). The van der Waals surface area contributed by atoms with Gasteiger partial charge >= 0.3 is 0 Å². The second kappa shape index (κ2) is 8.18. The van der Waals surface area contributed by atoms with Crippen molar-refractivity contribution in [3.8, 4) is 0 Å². The van der Waals surface area contributed by atoms with Crippen LogP contribution < -0.4 is 5.32 Å². The van der Waals surface area contributed by atoms with Crippen molar-refractivity contribution in [1.29, 1.82) is 0 Å². The summed E-state index contributed by atoms with van der Waals surface area (Å²) < 4.78 is 0. The molecule has 1 N–H and O–H groups in total. The Kier molecular flexibility index (Phi) is 6.25. The van der Waals surface area contributed by atoms with E-state index < -0.39 is 0 Å². The fourth-order valence-electron chi connectivity index (χ4n) is 2.74. The smallest absolute Gasteiger partial charge is 0.224 e. The molecule has 0 radical (unpaired) electrons. The van der Waals surface area contributed by atoms with Gasteiger partial charge in [0.05, 0.1) is 6.42 Å². The normalized spacial score (nSPS) is 15.6. The van der Waals surface area contributed by atoms with Gasteiger partial charge in [0.1, 0.15) is 0 Å². The molecule has 1 heterocycles. The highest BCUT2D eigenvalue weighted by Gasteiger charge is 2.23. The molecule has 0 atom stereocenters. The Labute approximate surface area is 136 Å². The Morgan fingerprint density at radius 2 is 1.95 bits per heavy atom. The van der Waals surface area contributed by atoms with E-state index in [-0.39, 0.29) is 17.9 Å². The minimum Gasteiger partial charge on any atom is -0.353 e. The molecule has 1 fully saturated rings. The maximum absolute atomic E-state index is 12.1. The van der Waals surface area contributed by atoms with Crippen LogP contribution in [0.4, 0.5) is 0 Å². The van der Waals surface area contributed by atoms with Crippen LogP contribution in [0, 0.1) is 0 Å². The van der Waals surface area contributed by atoms with Gasteiger partial charge in [0.25, 0.3) is 0 Å². The lowest BCUT2D eigenvalue weighted by Gasteiger charge is -2.32. The number of amides is 2. The number of carbonyl (C=O) groups excluding carboxylic acids is 2. The zero-order chi connectivity index (χ0) is 15.9. The van der Waals surface area contributed by atoms with Gasteiger partial charge in [-0.15, -0.1) is 0 Å². The van der Waals surface area contributed by atoms with E-state index in [9.17, 15) is 9.59 Å². The third-order valence-corrected chi connectivity index (χ3v) is 4.35. The first-order valence-electron chi connectivity index (χ1n) is 7.90. The monoisotopic (exact) mass is 322 g/mol. The van der Waals surface area contributed by atoms with Crippen LogP contribution in [0.3, 0.4) is 0 Å². The lowest BCUT2D eigenvalue weighted by Crippen LogP contribution is -2.46. The average Bonchev–Trinajstić information content (AvgIpc) is 2.50. The number of nitrogens with one attached hydrogen (secondary N) is 1. The summed E-state index contributed by atoms with van der Waals surface area (Å²) >= 11 is 6.07. The lowest BCUT2D eigenvalue weighted by atomic mass is 10.0. The van der Waals surface area contributed by atoms with Gasteiger partial charge in [-0.25, -0.2) is 0 Å². The van der Waals surface area contributed by atoms with Gasteiger partial charge in [0.2, 0.25) is 11.8 Å². The molecule has 0 spiro atoms. The SMILES string of the molecule is CCCC(=O)N1CCC(NC(=O)Cc2ccccc2Cl)CC1. The summed E-state index contributed by atoms with van der Waals surface area (Å²) in [7, 11) is 0. The number of halogens is 1. The van der Waals surface area contributed by atoms with Crippen molar-refractivity contribution in [3.05, 3.63) is 34.9 Å². The zero-order valence-corrected chi connectivity index (χ0v) is 13.7. The summed E-state index contributed by atoms with van der Waals surface area (Å²) in [5, 5.41) is 3.67. The van der Waals surface area contributed by atoms with Crippen LogP contribution in [0.1, 0.15) is 38.2 Å². The maximum Gasteiger partial charge on any atom is 0.224 e. The Morgan fingerprint density at radius 1 is 1.27 bits per heavy atom. The van der Waals surface area contributed by atoms with E-state index >= 15 is 0 Å². The third-order valence-electron chi connectivity index (χ3n) is 3.99. The first-order valence-corrected chi connectivity index (χ1v) is 8.28. The van der Waals surface area contributed by atoms with Crippen molar-refractivity contribution >= 4 is 23.4 Å². The predicted molar refractivity (Wildman–Crippen MR) is 87.8 cm³/mol. The summed E-state index contributed by atoms with van der Waals surface area (Å²) in [6, 6.07) is 7.55. The number of nitrogens with zero attached hydrogens (tertiary/aromatic N) is 1. The minimum atomic E-state index is -0.00793. The van der Waals surface area contributed by atoms with E-state index in [2.05, 4.69) is 5.32 Å². The van der Waals surface area contributed by atoms with Gasteiger partial charge in [-0.2, -0.15) is 0 Å². The molecular formula is C17H23ClN2O2. The van der Waals surface area contributed by atoms with Gasteiger partial charge in [0.15, 0.2) is 0 Å². The van der Waals surface area contributed by atoms with Crippen molar-refractivity contribution in [3.63, 3.8) is 0 Å². The minimum absolute atomic E-state index is 0.00793. The number of hydrogen-bond donors (Lipinski definition) is 1. The van der Waals surface area contributed by atoms with Crippen LogP contribution in [0.15, 0.2) is 24.3 Å². The molecule has 1 aliphatic heterocycles. The van der Waals surface area contributed by atoms with Gasteiger partial charge in [-0.1, -0.05) is 36.7 Å². The molecule has 120 valence electrons. The molecule has 5 heteroatoms. The van der Waals surface area contributed by atoms with E-state index in [1.54, 1.807) is 6.07 Å². The fourth-order valence-corrected chi connectivity index (χ4v) is 2.94. The molecule has 1 aromatic carbocycles. The highest BCUT2D eigenvalue weighted by Crippen LogP contribution is 2.16. The van der Waals surface area contributed by atoms with Crippen molar-refractivity contribution in [2.75, 3.05) is 13.1 Å². The molecule has 1 aromatic rings. The molecule has 1 aliphatic rings. The molecule has 2 amide bonds. The fraction of sp³-hybridized carbons (Fsp3) is 0.529. The van der Waals surface area contributed by atoms with Crippen molar-refractivity contribution < 1.29 is 9.59 Å². The zero-order valence-electron chi connectivity index (χ0n) is 13.0. The molecule has 0 bridgehead atoms. The number of benzene rings is 1. The molecular weight excluding hydrogens is 300 g/mol. The lowest BCUT2D eigenvalue weighted by molar-refractivity contribution is -0.132. The summed E-state index contributed by atoms with van der Waals surface area (Å²) in [4.78, 5) is 25.8. The average molecular weight is 323 g/mol. The van der Waals surface area contributed by atoms with Gasteiger partial charge in [0, 0.05) is 30.6 Å². The van der Waals surface area contributed by atoms with E-state index in [4.69, 9.17) is 11.6 Å². The molecule has 1 saturated heterocycles. The second-order valence-corrected chi connectivity index (χ2v) is 6.15. The topological polar surface area (TPSA) is 49.4 Å². The van der Waals surface area contributed by atoms with E-state index in [1.165, 1.54) is 0 Å². The van der Waals surface area contributed by atoms with Crippen molar-refractivity contribution in [2.24, 2.45) is 0 Å². The second-order valence-electron chi connectivity index (χ2n) is 5.74. The Hall–Kier alpha value is -1.55. The Bertz CT molecular complexity index is 525. The number of carbonyl (C=O) groups is 2. The quantitative estimate of drug-likeness (QED) is 0.906. The van der Waals surface area contributed by atoms with Crippen LogP contribution in [-0.4, -0.2) is 35.8 Å². The summed E-state index contributed by atoms with van der Waals surface area (Å²) in [6.07, 6.45) is 3.44. The molecule has 22 heavy (non-hydrogen) atoms. The van der Waals surface area contributed by atoms with Gasteiger partial charge in [-0.05, 0) is 30.9 Å². The van der Waals surface area contributed by atoms with Crippen molar-refractivity contribution in [1.82, 2.24) is 10.2 Å². The van der Waals surface area contributed by atoms with Gasteiger partial charge in [-0.3, -0.25) is 9.59 Å². The maximum atomic E-state index is 12.1. The number of hydrogen-bond acceptors (Lipinski definition) is 2. The number of rotatable bonds is 5. The molecule has 4 nitrogen and oxygen atoms in total. The summed E-state index contributed by atoms with van der Waals surface area (Å²) in [5.41, 5.74) is 0.845. The molecule has 0 unspecified atom stereocenters. The summed E-state index contributed by atoms with van der Waals surface area (Å²) in [6.45, 7) is 3.48. The van der Waals surface area contributed by atoms with E-state index in [0.29, 0.717) is 17.9 Å². The van der Waals surface area contributed by atoms with Gasteiger partial charge < -0.3 is 10.2 Å². The predicted octanol–water partition coefficient (Wildman–Crippen LogP) is 2.79. The highest BCUT2D eigenvalue weighted by molar-refractivity contribution is 6.31. The van der Waals surface area contributed by atoms with Crippen LogP contribution in [0.25, 0.3) is 0 Å².